The lowest BCUT2D eigenvalue weighted by molar-refractivity contribution is -0.128. The number of nitrogens with two attached hydrogens (primary N) is 1. The van der Waals surface area contributed by atoms with Crippen LogP contribution in [0.2, 0.25) is 0 Å². The third-order valence-corrected chi connectivity index (χ3v) is 6.94. The third-order valence-electron chi connectivity index (χ3n) is 6.94. The molecule has 1 heterocycles. The minimum atomic E-state index is -1.10. The highest BCUT2D eigenvalue weighted by Gasteiger charge is 2.43. The van der Waals surface area contributed by atoms with Crippen molar-refractivity contribution in [2.45, 2.75) is 45.4 Å². The molecule has 3 amide bonds. The molecule has 1 aliphatic rings. The van der Waals surface area contributed by atoms with Crippen molar-refractivity contribution in [1.82, 2.24) is 15.1 Å². The third kappa shape index (κ3) is 6.29. The SMILES string of the molecule is COc1cccc(C(=O)N2CCN(C(=O)c3ccc(C(C)(C)C)cc3)C2C(=O)NCc2cccc(CN)c2)c1. The van der Waals surface area contributed by atoms with Crippen molar-refractivity contribution in [2.24, 2.45) is 5.73 Å². The molecule has 1 atom stereocenters. The second-order valence-corrected chi connectivity index (χ2v) is 10.7. The van der Waals surface area contributed by atoms with Crippen LogP contribution in [0.4, 0.5) is 0 Å². The molecule has 1 saturated heterocycles. The van der Waals surface area contributed by atoms with Crippen LogP contribution >= 0.6 is 0 Å². The Hall–Kier alpha value is -4.17. The average molecular weight is 529 g/mol. The van der Waals surface area contributed by atoms with Gasteiger partial charge in [0.25, 0.3) is 17.7 Å². The molecule has 1 unspecified atom stereocenters. The summed E-state index contributed by atoms with van der Waals surface area (Å²) in [6.45, 7) is 7.41. The van der Waals surface area contributed by atoms with E-state index in [0.717, 1.165) is 16.7 Å². The summed E-state index contributed by atoms with van der Waals surface area (Å²) in [6.07, 6.45) is -1.10. The summed E-state index contributed by atoms with van der Waals surface area (Å²) in [5, 5.41) is 2.92. The Bertz CT molecular complexity index is 1350. The van der Waals surface area contributed by atoms with E-state index in [1.54, 1.807) is 36.4 Å². The summed E-state index contributed by atoms with van der Waals surface area (Å²) < 4.78 is 5.28. The van der Waals surface area contributed by atoms with Gasteiger partial charge < -0.3 is 25.6 Å². The number of carbonyl (C=O) groups is 3. The fourth-order valence-corrected chi connectivity index (χ4v) is 4.68. The zero-order chi connectivity index (χ0) is 28.2. The molecule has 39 heavy (non-hydrogen) atoms. The lowest BCUT2D eigenvalue weighted by Gasteiger charge is -2.29. The Labute approximate surface area is 229 Å². The topological polar surface area (TPSA) is 105 Å². The van der Waals surface area contributed by atoms with Crippen LogP contribution in [0.1, 0.15) is 58.2 Å². The van der Waals surface area contributed by atoms with Crippen molar-refractivity contribution >= 4 is 17.7 Å². The van der Waals surface area contributed by atoms with Gasteiger partial charge in [0.15, 0.2) is 6.17 Å². The van der Waals surface area contributed by atoms with Crippen LogP contribution in [-0.4, -0.2) is 53.9 Å². The molecule has 1 aliphatic heterocycles. The Kier molecular flexibility index (Phi) is 8.35. The summed E-state index contributed by atoms with van der Waals surface area (Å²) >= 11 is 0. The molecule has 3 N–H and O–H groups in total. The lowest BCUT2D eigenvalue weighted by Crippen LogP contribution is -2.53. The first-order valence-electron chi connectivity index (χ1n) is 13.0. The number of methoxy groups -OCH3 is 1. The molecule has 0 radical (unpaired) electrons. The monoisotopic (exact) mass is 528 g/mol. The van der Waals surface area contributed by atoms with Gasteiger partial charge in [-0.3, -0.25) is 14.4 Å². The molecule has 8 nitrogen and oxygen atoms in total. The van der Waals surface area contributed by atoms with Gasteiger partial charge in [-0.25, -0.2) is 0 Å². The largest absolute Gasteiger partial charge is 0.497 e. The van der Waals surface area contributed by atoms with E-state index in [-0.39, 0.29) is 36.9 Å². The maximum atomic E-state index is 13.7. The Morgan fingerprint density at radius 3 is 2.10 bits per heavy atom. The first-order chi connectivity index (χ1) is 18.6. The zero-order valence-electron chi connectivity index (χ0n) is 22.9. The van der Waals surface area contributed by atoms with Crippen LogP contribution in [0, 0.1) is 0 Å². The highest BCUT2D eigenvalue weighted by Crippen LogP contribution is 2.25. The lowest BCUT2D eigenvalue weighted by atomic mass is 9.86. The van der Waals surface area contributed by atoms with E-state index in [1.165, 1.54) is 16.9 Å². The fourth-order valence-electron chi connectivity index (χ4n) is 4.68. The van der Waals surface area contributed by atoms with E-state index in [4.69, 9.17) is 10.5 Å². The number of ether oxygens (including phenoxy) is 1. The Balaban J connectivity index is 1.61. The number of amides is 3. The summed E-state index contributed by atoms with van der Waals surface area (Å²) in [5.74, 6) is -0.548. The molecular weight excluding hydrogens is 492 g/mol. The number of carbonyl (C=O) groups excluding carboxylic acids is 3. The standard InChI is InChI=1S/C31H36N4O4/c1-31(2,3)25-13-11-23(12-14-25)29(37)34-15-16-35(30(38)24-9-6-10-26(18-24)39-4)28(34)27(36)33-20-22-8-5-7-21(17-22)19-32/h5-14,17-18,28H,15-16,19-20,32H2,1-4H3,(H,33,36). The maximum Gasteiger partial charge on any atom is 0.264 e. The molecule has 0 saturated carbocycles. The predicted molar refractivity (Wildman–Crippen MR) is 150 cm³/mol. The summed E-state index contributed by atoms with van der Waals surface area (Å²) in [4.78, 5) is 43.8. The zero-order valence-corrected chi connectivity index (χ0v) is 22.9. The van der Waals surface area contributed by atoms with Gasteiger partial charge in [-0.1, -0.05) is 63.2 Å². The minimum Gasteiger partial charge on any atom is -0.497 e. The smallest absolute Gasteiger partial charge is 0.264 e. The van der Waals surface area contributed by atoms with Crippen LogP contribution in [0.3, 0.4) is 0 Å². The summed E-state index contributed by atoms with van der Waals surface area (Å²) in [7, 11) is 1.53. The molecule has 0 bridgehead atoms. The van der Waals surface area contributed by atoms with Crippen LogP contribution in [-0.2, 0) is 23.3 Å². The first-order valence-corrected chi connectivity index (χ1v) is 13.0. The number of benzene rings is 3. The van der Waals surface area contributed by atoms with Gasteiger partial charge in [-0.2, -0.15) is 0 Å². The molecule has 3 aromatic rings. The maximum absolute atomic E-state index is 13.7. The van der Waals surface area contributed by atoms with E-state index < -0.39 is 12.1 Å². The van der Waals surface area contributed by atoms with Crippen molar-refractivity contribution in [3.63, 3.8) is 0 Å². The number of nitrogens with zero attached hydrogens (tertiary/aromatic N) is 2. The van der Waals surface area contributed by atoms with Gasteiger partial charge >= 0.3 is 0 Å². The molecule has 4 rings (SSSR count). The normalized spacial score (nSPS) is 15.3. The van der Waals surface area contributed by atoms with Crippen molar-refractivity contribution in [3.8, 4) is 5.75 Å². The quantitative estimate of drug-likeness (QED) is 0.487. The van der Waals surface area contributed by atoms with Crippen molar-refractivity contribution in [1.29, 1.82) is 0 Å². The summed E-state index contributed by atoms with van der Waals surface area (Å²) in [6, 6.07) is 21.8. The van der Waals surface area contributed by atoms with E-state index in [0.29, 0.717) is 23.4 Å². The predicted octanol–water partition coefficient (Wildman–Crippen LogP) is 3.69. The van der Waals surface area contributed by atoms with E-state index in [1.807, 2.05) is 36.4 Å². The minimum absolute atomic E-state index is 0.0567. The van der Waals surface area contributed by atoms with Gasteiger partial charge in [-0.05, 0) is 52.4 Å². The Morgan fingerprint density at radius 1 is 0.872 bits per heavy atom. The number of hydrogen-bond acceptors (Lipinski definition) is 5. The molecule has 0 aliphatic carbocycles. The number of rotatable bonds is 7. The van der Waals surface area contributed by atoms with Gasteiger partial charge in [0, 0.05) is 37.3 Å². The van der Waals surface area contributed by atoms with Crippen molar-refractivity contribution in [2.75, 3.05) is 20.2 Å². The van der Waals surface area contributed by atoms with Crippen LogP contribution < -0.4 is 15.8 Å². The van der Waals surface area contributed by atoms with Crippen LogP contribution in [0.5, 0.6) is 5.75 Å². The molecule has 204 valence electrons. The van der Waals surface area contributed by atoms with Crippen LogP contribution in [0.25, 0.3) is 0 Å². The number of hydrogen-bond donors (Lipinski definition) is 2. The molecule has 0 spiro atoms. The summed E-state index contributed by atoms with van der Waals surface area (Å²) in [5.41, 5.74) is 9.48. The van der Waals surface area contributed by atoms with E-state index >= 15 is 0 Å². The fraction of sp³-hybridized carbons (Fsp3) is 0.323. The second kappa shape index (κ2) is 11.7. The van der Waals surface area contributed by atoms with Gasteiger partial charge in [0.2, 0.25) is 0 Å². The van der Waals surface area contributed by atoms with Crippen LogP contribution in [0.15, 0.2) is 72.8 Å². The van der Waals surface area contributed by atoms with E-state index in [9.17, 15) is 14.4 Å². The van der Waals surface area contributed by atoms with E-state index in [2.05, 4.69) is 26.1 Å². The highest BCUT2D eigenvalue weighted by atomic mass is 16.5. The highest BCUT2D eigenvalue weighted by molar-refractivity contribution is 6.02. The van der Waals surface area contributed by atoms with Gasteiger partial charge in [0.1, 0.15) is 5.75 Å². The molecule has 8 heteroatoms. The molecule has 1 fully saturated rings. The van der Waals surface area contributed by atoms with Crippen molar-refractivity contribution < 1.29 is 19.1 Å². The number of nitrogens with one attached hydrogen (secondary N) is 1. The van der Waals surface area contributed by atoms with Gasteiger partial charge in [0.05, 0.1) is 7.11 Å². The second-order valence-electron chi connectivity index (χ2n) is 10.7. The average Bonchev–Trinajstić information content (AvgIpc) is 3.40. The Morgan fingerprint density at radius 2 is 1.49 bits per heavy atom. The van der Waals surface area contributed by atoms with Crippen molar-refractivity contribution in [3.05, 3.63) is 101 Å². The first kappa shape index (κ1) is 27.9. The van der Waals surface area contributed by atoms with Gasteiger partial charge in [-0.15, -0.1) is 0 Å². The molecule has 3 aromatic carbocycles. The molecular formula is C31H36N4O4. The molecule has 0 aromatic heterocycles.